The molecule has 1 unspecified atom stereocenters. The summed E-state index contributed by atoms with van der Waals surface area (Å²) in [6.07, 6.45) is -0.251. The van der Waals surface area contributed by atoms with Crippen LogP contribution in [-0.2, 0) is 13.8 Å². The minimum absolute atomic E-state index is 0.0543. The average molecular weight is 353 g/mol. The summed E-state index contributed by atoms with van der Waals surface area (Å²) in [4.78, 5) is 16.9. The van der Waals surface area contributed by atoms with Crippen molar-refractivity contribution in [1.82, 2.24) is 4.98 Å². The largest absolute Gasteiger partial charge is 0.287 e. The van der Waals surface area contributed by atoms with Crippen molar-refractivity contribution in [1.29, 1.82) is 0 Å². The van der Waals surface area contributed by atoms with Crippen LogP contribution in [0, 0.1) is 11.6 Å². The van der Waals surface area contributed by atoms with Crippen LogP contribution < -0.4 is 4.90 Å². The van der Waals surface area contributed by atoms with Gasteiger partial charge in [-0.15, -0.1) is 0 Å². The minimum Gasteiger partial charge on any atom is -0.287 e. The van der Waals surface area contributed by atoms with Crippen molar-refractivity contribution >= 4 is 52.3 Å². The smallest absolute Gasteiger partial charge is 0.237 e. The van der Waals surface area contributed by atoms with E-state index >= 15 is 0 Å². The maximum absolute atomic E-state index is 13.6. The number of amides is 1. The quantitative estimate of drug-likeness (QED) is 0.777. The molecule has 1 amide bonds. The molecule has 1 saturated heterocycles. The van der Waals surface area contributed by atoms with E-state index in [-0.39, 0.29) is 28.3 Å². The Kier molecular flexibility index (Phi) is 3.38. The van der Waals surface area contributed by atoms with Crippen LogP contribution in [0.5, 0.6) is 0 Å². The molecule has 1 fully saturated rings. The molecular formula is C11H7ClF2N2O3S2. The second-order valence-electron chi connectivity index (χ2n) is 4.54. The van der Waals surface area contributed by atoms with Crippen molar-refractivity contribution in [2.45, 2.75) is 11.7 Å². The van der Waals surface area contributed by atoms with Crippen molar-refractivity contribution in [3.63, 3.8) is 0 Å². The number of aromatic nitrogens is 1. The SMILES string of the molecule is O=C1CC(S(=O)(=O)Cl)CN1c1nc2c(F)cc(F)cc2s1. The number of fused-ring (bicyclic) bond motifs is 1. The predicted octanol–water partition coefficient (Wildman–Crippen LogP) is 2.25. The van der Waals surface area contributed by atoms with Crippen molar-refractivity contribution in [3.05, 3.63) is 23.8 Å². The number of benzene rings is 1. The molecule has 0 saturated carbocycles. The lowest BCUT2D eigenvalue weighted by Gasteiger charge is -2.11. The second kappa shape index (κ2) is 4.85. The molecule has 21 heavy (non-hydrogen) atoms. The fraction of sp³-hybridized carbons (Fsp3) is 0.273. The van der Waals surface area contributed by atoms with Gasteiger partial charge < -0.3 is 0 Å². The van der Waals surface area contributed by atoms with Crippen LogP contribution in [0.3, 0.4) is 0 Å². The van der Waals surface area contributed by atoms with Crippen LogP contribution in [0.4, 0.5) is 13.9 Å². The van der Waals surface area contributed by atoms with Gasteiger partial charge in [0.1, 0.15) is 16.6 Å². The molecule has 2 heterocycles. The minimum atomic E-state index is -3.87. The standard InChI is InChI=1S/C11H7ClF2N2O3S2/c12-21(18,19)6-3-9(17)16(4-6)11-15-10-7(14)1-5(13)2-8(10)20-11/h1-2,6H,3-4H2. The lowest BCUT2D eigenvalue weighted by Crippen LogP contribution is -2.26. The van der Waals surface area contributed by atoms with Gasteiger partial charge in [-0.1, -0.05) is 11.3 Å². The number of rotatable bonds is 2. The van der Waals surface area contributed by atoms with E-state index in [4.69, 9.17) is 10.7 Å². The zero-order valence-electron chi connectivity index (χ0n) is 10.2. The zero-order chi connectivity index (χ0) is 15.4. The Labute approximate surface area is 126 Å². The van der Waals surface area contributed by atoms with E-state index in [1.165, 1.54) is 0 Å². The van der Waals surface area contributed by atoms with Crippen molar-refractivity contribution in [3.8, 4) is 0 Å². The van der Waals surface area contributed by atoms with Crippen molar-refractivity contribution in [2.75, 3.05) is 11.4 Å². The van der Waals surface area contributed by atoms with Gasteiger partial charge in [0.2, 0.25) is 15.0 Å². The molecule has 3 rings (SSSR count). The number of thiazole rings is 1. The van der Waals surface area contributed by atoms with Gasteiger partial charge in [-0.3, -0.25) is 9.69 Å². The molecule has 112 valence electrons. The topological polar surface area (TPSA) is 67.3 Å². The Balaban J connectivity index is 2.02. The third-order valence-electron chi connectivity index (χ3n) is 3.12. The fourth-order valence-electron chi connectivity index (χ4n) is 2.11. The summed E-state index contributed by atoms with van der Waals surface area (Å²) in [5, 5.41) is -0.900. The Morgan fingerprint density at radius 1 is 1.38 bits per heavy atom. The molecule has 1 atom stereocenters. The van der Waals surface area contributed by atoms with E-state index in [0.717, 1.165) is 22.3 Å². The van der Waals surface area contributed by atoms with Gasteiger partial charge in [0.05, 0.1) is 4.70 Å². The van der Waals surface area contributed by atoms with E-state index in [9.17, 15) is 22.0 Å². The van der Waals surface area contributed by atoms with Gasteiger partial charge in [0.15, 0.2) is 10.9 Å². The van der Waals surface area contributed by atoms with Gasteiger partial charge in [-0.2, -0.15) is 0 Å². The highest BCUT2D eigenvalue weighted by molar-refractivity contribution is 8.14. The first-order chi connectivity index (χ1) is 9.75. The third kappa shape index (κ3) is 2.60. The van der Waals surface area contributed by atoms with E-state index in [1.807, 2.05) is 0 Å². The van der Waals surface area contributed by atoms with Crippen LogP contribution in [-0.4, -0.2) is 31.1 Å². The summed E-state index contributed by atoms with van der Waals surface area (Å²) < 4.78 is 49.6. The lowest BCUT2D eigenvalue weighted by atomic mass is 10.3. The molecule has 0 spiro atoms. The fourth-order valence-corrected chi connectivity index (χ4v) is 4.17. The van der Waals surface area contributed by atoms with Crippen LogP contribution in [0.1, 0.15) is 6.42 Å². The second-order valence-corrected chi connectivity index (χ2v) is 8.45. The maximum Gasteiger partial charge on any atom is 0.237 e. The average Bonchev–Trinajstić information content (AvgIpc) is 2.91. The lowest BCUT2D eigenvalue weighted by molar-refractivity contribution is -0.117. The molecule has 1 aliphatic rings. The van der Waals surface area contributed by atoms with Crippen LogP contribution in [0.15, 0.2) is 12.1 Å². The summed E-state index contributed by atoms with van der Waals surface area (Å²) in [7, 11) is 1.38. The first-order valence-electron chi connectivity index (χ1n) is 5.75. The molecule has 10 heteroatoms. The first kappa shape index (κ1) is 14.6. The number of hydrogen-bond acceptors (Lipinski definition) is 5. The molecule has 0 bridgehead atoms. The summed E-state index contributed by atoms with van der Waals surface area (Å²) in [5.41, 5.74) is -0.0543. The molecule has 2 aromatic rings. The molecule has 0 N–H and O–H groups in total. The van der Waals surface area contributed by atoms with Gasteiger partial charge in [0.25, 0.3) is 0 Å². The van der Waals surface area contributed by atoms with Crippen LogP contribution in [0.25, 0.3) is 10.2 Å². The molecular weight excluding hydrogens is 346 g/mol. The maximum atomic E-state index is 13.6. The highest BCUT2D eigenvalue weighted by atomic mass is 35.7. The summed E-state index contributed by atoms with van der Waals surface area (Å²) >= 11 is 0.915. The Morgan fingerprint density at radius 3 is 2.71 bits per heavy atom. The monoisotopic (exact) mass is 352 g/mol. The predicted molar refractivity (Wildman–Crippen MR) is 75.1 cm³/mol. The first-order valence-corrected chi connectivity index (χ1v) is 8.94. The van der Waals surface area contributed by atoms with E-state index in [0.29, 0.717) is 6.07 Å². The third-order valence-corrected chi connectivity index (χ3v) is 6.01. The van der Waals surface area contributed by atoms with Crippen molar-refractivity contribution in [2.24, 2.45) is 0 Å². The van der Waals surface area contributed by atoms with E-state index in [1.54, 1.807) is 0 Å². The number of anilines is 1. The van der Waals surface area contributed by atoms with E-state index < -0.39 is 31.8 Å². The van der Waals surface area contributed by atoms with E-state index in [2.05, 4.69) is 4.98 Å². The van der Waals surface area contributed by atoms with Crippen LogP contribution in [0.2, 0.25) is 0 Å². The van der Waals surface area contributed by atoms with Gasteiger partial charge in [-0.25, -0.2) is 22.2 Å². The summed E-state index contributed by atoms with van der Waals surface area (Å²) in [5.74, 6) is -2.05. The number of hydrogen-bond donors (Lipinski definition) is 0. The van der Waals surface area contributed by atoms with Gasteiger partial charge in [0, 0.05) is 29.7 Å². The molecule has 0 aliphatic carbocycles. The summed E-state index contributed by atoms with van der Waals surface area (Å²) in [6, 6.07) is 1.81. The highest BCUT2D eigenvalue weighted by Crippen LogP contribution is 2.34. The van der Waals surface area contributed by atoms with Crippen molar-refractivity contribution < 1.29 is 22.0 Å². The highest BCUT2D eigenvalue weighted by Gasteiger charge is 2.39. The van der Waals surface area contributed by atoms with Gasteiger partial charge in [-0.05, 0) is 6.07 Å². The molecule has 1 aliphatic heterocycles. The molecule has 1 aromatic carbocycles. The summed E-state index contributed by atoms with van der Waals surface area (Å²) in [6.45, 7) is -0.144. The molecule has 0 radical (unpaired) electrons. The zero-order valence-corrected chi connectivity index (χ0v) is 12.6. The Bertz CT molecular complexity index is 853. The van der Waals surface area contributed by atoms with Gasteiger partial charge >= 0.3 is 0 Å². The molecule has 5 nitrogen and oxygen atoms in total. The Morgan fingerprint density at radius 2 is 2.10 bits per heavy atom. The Hall–Kier alpha value is -1.32. The normalized spacial score (nSPS) is 19.7. The van der Waals surface area contributed by atoms with Crippen LogP contribution >= 0.6 is 22.0 Å². The number of halogens is 3. The number of nitrogens with zero attached hydrogens (tertiary/aromatic N) is 2. The molecule has 1 aromatic heterocycles. The number of carbonyl (C=O) groups excluding carboxylic acids is 1. The number of carbonyl (C=O) groups is 1.